The molecule has 1 atom stereocenters. The van der Waals surface area contributed by atoms with Crippen molar-refractivity contribution in [1.29, 1.82) is 0 Å². The van der Waals surface area contributed by atoms with Crippen LogP contribution in [0.1, 0.15) is 6.92 Å². The van der Waals surface area contributed by atoms with Crippen LogP contribution in [0.15, 0.2) is 23.1 Å². The number of hydrogen-bond donors (Lipinski definition) is 1. The number of morpholine rings is 1. The highest BCUT2D eigenvalue weighted by molar-refractivity contribution is 7.89. The molecule has 100 valence electrons. The molecule has 1 fully saturated rings. The van der Waals surface area contributed by atoms with Crippen LogP contribution in [-0.4, -0.2) is 38.5 Å². The predicted octanol–water partition coefficient (Wildman–Crippen LogP) is 1.33. The van der Waals surface area contributed by atoms with Crippen molar-refractivity contribution in [3.8, 4) is 0 Å². The zero-order valence-corrected chi connectivity index (χ0v) is 11.5. The molecule has 0 aromatic heterocycles. The molecule has 1 aromatic carbocycles. The molecule has 1 heterocycles. The molecule has 2 rings (SSSR count). The first-order valence-electron chi connectivity index (χ1n) is 5.58. The molecule has 1 saturated heterocycles. The van der Waals surface area contributed by atoms with Gasteiger partial charge in [-0.25, -0.2) is 8.42 Å². The summed E-state index contributed by atoms with van der Waals surface area (Å²) in [7, 11) is -3.52. The summed E-state index contributed by atoms with van der Waals surface area (Å²) in [6.07, 6.45) is -0.0993. The lowest BCUT2D eigenvalue weighted by Crippen LogP contribution is -2.44. The van der Waals surface area contributed by atoms with Crippen LogP contribution in [0, 0.1) is 0 Å². The van der Waals surface area contributed by atoms with Gasteiger partial charge in [0.05, 0.1) is 28.3 Å². The molecule has 1 aliphatic rings. The molecule has 0 aliphatic carbocycles. The van der Waals surface area contributed by atoms with Crippen LogP contribution in [0.2, 0.25) is 5.02 Å². The fourth-order valence-corrected chi connectivity index (χ4v) is 3.59. The Hall–Kier alpha value is -0.820. The van der Waals surface area contributed by atoms with Crippen LogP contribution in [0.4, 0.5) is 5.69 Å². The van der Waals surface area contributed by atoms with Gasteiger partial charge in [-0.1, -0.05) is 11.6 Å². The van der Waals surface area contributed by atoms with Crippen molar-refractivity contribution in [2.24, 2.45) is 0 Å². The highest BCUT2D eigenvalue weighted by atomic mass is 35.5. The SMILES string of the molecule is CC1CN(S(=O)(=O)c2ccc(N)c(Cl)c2)CCO1. The molecular weight excluding hydrogens is 276 g/mol. The summed E-state index contributed by atoms with van der Waals surface area (Å²) in [5, 5.41) is 0.248. The summed E-state index contributed by atoms with van der Waals surface area (Å²) in [5.74, 6) is 0. The summed E-state index contributed by atoms with van der Waals surface area (Å²) >= 11 is 5.85. The Morgan fingerprint density at radius 2 is 2.22 bits per heavy atom. The standard InChI is InChI=1S/C11H15ClN2O3S/c1-8-7-14(4-5-17-8)18(15,16)9-2-3-11(13)10(12)6-9/h2-3,6,8H,4-5,7,13H2,1H3. The number of benzene rings is 1. The second-order valence-electron chi connectivity index (χ2n) is 4.23. The van der Waals surface area contributed by atoms with Gasteiger partial charge in [0, 0.05) is 13.1 Å². The Bertz CT molecular complexity index is 547. The number of nitrogen functional groups attached to an aromatic ring is 1. The molecule has 0 spiro atoms. The van der Waals surface area contributed by atoms with Gasteiger partial charge in [0.25, 0.3) is 0 Å². The van der Waals surface area contributed by atoms with Crippen LogP contribution < -0.4 is 5.73 Å². The maximum Gasteiger partial charge on any atom is 0.243 e. The number of halogens is 1. The summed E-state index contributed by atoms with van der Waals surface area (Å²) in [6.45, 7) is 2.96. The second kappa shape index (κ2) is 5.05. The fraction of sp³-hybridized carbons (Fsp3) is 0.455. The summed E-state index contributed by atoms with van der Waals surface area (Å²) < 4.78 is 31.5. The number of nitrogens with zero attached hydrogens (tertiary/aromatic N) is 1. The average molecular weight is 291 g/mol. The lowest BCUT2D eigenvalue weighted by molar-refractivity contribution is 0.0102. The van der Waals surface area contributed by atoms with E-state index in [0.29, 0.717) is 25.4 Å². The van der Waals surface area contributed by atoms with E-state index in [1.807, 2.05) is 6.92 Å². The molecule has 0 amide bonds. The Balaban J connectivity index is 2.32. The van der Waals surface area contributed by atoms with Gasteiger partial charge in [-0.2, -0.15) is 4.31 Å². The zero-order valence-electron chi connectivity index (χ0n) is 9.97. The molecule has 18 heavy (non-hydrogen) atoms. The minimum Gasteiger partial charge on any atom is -0.398 e. The van der Waals surface area contributed by atoms with Crippen LogP contribution in [0.3, 0.4) is 0 Å². The zero-order chi connectivity index (χ0) is 13.3. The van der Waals surface area contributed by atoms with Crippen molar-refractivity contribution in [2.45, 2.75) is 17.9 Å². The van der Waals surface area contributed by atoms with Gasteiger partial charge < -0.3 is 10.5 Å². The van der Waals surface area contributed by atoms with Crippen molar-refractivity contribution >= 4 is 27.3 Å². The minimum absolute atomic E-state index is 0.0993. The minimum atomic E-state index is -3.52. The molecule has 0 bridgehead atoms. The van der Waals surface area contributed by atoms with Crippen molar-refractivity contribution in [1.82, 2.24) is 4.31 Å². The molecule has 1 unspecified atom stereocenters. The largest absolute Gasteiger partial charge is 0.398 e. The maximum atomic E-state index is 12.4. The summed E-state index contributed by atoms with van der Waals surface area (Å²) in [5.41, 5.74) is 5.94. The molecule has 2 N–H and O–H groups in total. The molecule has 1 aromatic rings. The fourth-order valence-electron chi connectivity index (χ4n) is 1.82. The van der Waals surface area contributed by atoms with E-state index in [1.54, 1.807) is 0 Å². The van der Waals surface area contributed by atoms with Crippen LogP contribution >= 0.6 is 11.6 Å². The van der Waals surface area contributed by atoms with E-state index in [9.17, 15) is 8.42 Å². The van der Waals surface area contributed by atoms with E-state index in [1.165, 1.54) is 22.5 Å². The smallest absolute Gasteiger partial charge is 0.243 e. The summed E-state index contributed by atoms with van der Waals surface area (Å²) in [4.78, 5) is 0.163. The number of nitrogens with two attached hydrogens (primary N) is 1. The van der Waals surface area contributed by atoms with Crippen molar-refractivity contribution in [2.75, 3.05) is 25.4 Å². The Labute approximate surface area is 112 Å². The van der Waals surface area contributed by atoms with Crippen LogP contribution in [0.25, 0.3) is 0 Å². The third-order valence-corrected chi connectivity index (χ3v) is 5.00. The monoisotopic (exact) mass is 290 g/mol. The van der Waals surface area contributed by atoms with Gasteiger partial charge in [0.1, 0.15) is 0 Å². The van der Waals surface area contributed by atoms with E-state index in [0.717, 1.165) is 0 Å². The van der Waals surface area contributed by atoms with E-state index in [4.69, 9.17) is 22.1 Å². The lowest BCUT2D eigenvalue weighted by atomic mass is 10.3. The quantitative estimate of drug-likeness (QED) is 0.834. The lowest BCUT2D eigenvalue weighted by Gasteiger charge is -2.30. The van der Waals surface area contributed by atoms with Crippen molar-refractivity contribution in [3.63, 3.8) is 0 Å². The van der Waals surface area contributed by atoms with E-state index in [-0.39, 0.29) is 16.0 Å². The highest BCUT2D eigenvalue weighted by Crippen LogP contribution is 2.25. The van der Waals surface area contributed by atoms with Gasteiger partial charge in [0.15, 0.2) is 0 Å². The van der Waals surface area contributed by atoms with Crippen LogP contribution in [-0.2, 0) is 14.8 Å². The normalized spacial score (nSPS) is 22.0. The van der Waals surface area contributed by atoms with E-state index >= 15 is 0 Å². The number of rotatable bonds is 2. The van der Waals surface area contributed by atoms with Crippen molar-refractivity contribution < 1.29 is 13.2 Å². The van der Waals surface area contributed by atoms with Gasteiger partial charge >= 0.3 is 0 Å². The first-order chi connectivity index (χ1) is 8.41. The van der Waals surface area contributed by atoms with Crippen LogP contribution in [0.5, 0.6) is 0 Å². The molecule has 1 aliphatic heterocycles. The maximum absolute atomic E-state index is 12.4. The highest BCUT2D eigenvalue weighted by Gasteiger charge is 2.29. The first-order valence-corrected chi connectivity index (χ1v) is 7.40. The van der Waals surface area contributed by atoms with Gasteiger partial charge in [0.2, 0.25) is 10.0 Å². The molecular formula is C11H15ClN2O3S. The number of hydrogen-bond acceptors (Lipinski definition) is 4. The van der Waals surface area contributed by atoms with E-state index in [2.05, 4.69) is 0 Å². The molecule has 5 nitrogen and oxygen atoms in total. The third-order valence-electron chi connectivity index (χ3n) is 2.81. The topological polar surface area (TPSA) is 72.6 Å². The van der Waals surface area contributed by atoms with Gasteiger partial charge in [-0.05, 0) is 25.1 Å². The molecule has 0 radical (unpaired) electrons. The molecule has 0 saturated carbocycles. The van der Waals surface area contributed by atoms with Gasteiger partial charge in [-0.3, -0.25) is 0 Å². The Morgan fingerprint density at radius 3 is 2.83 bits per heavy atom. The third kappa shape index (κ3) is 2.61. The van der Waals surface area contributed by atoms with E-state index < -0.39 is 10.0 Å². The molecule has 7 heteroatoms. The number of anilines is 1. The Morgan fingerprint density at radius 1 is 1.50 bits per heavy atom. The van der Waals surface area contributed by atoms with Gasteiger partial charge in [-0.15, -0.1) is 0 Å². The van der Waals surface area contributed by atoms with Crippen molar-refractivity contribution in [3.05, 3.63) is 23.2 Å². The predicted molar refractivity (Wildman–Crippen MR) is 70.0 cm³/mol. The number of sulfonamides is 1. The average Bonchev–Trinajstić information content (AvgIpc) is 2.32. The first kappa shape index (κ1) is 13.6. The Kier molecular flexibility index (Phi) is 3.82. The number of ether oxygens (including phenoxy) is 1. The summed E-state index contributed by atoms with van der Waals surface area (Å²) in [6, 6.07) is 4.35. The second-order valence-corrected chi connectivity index (χ2v) is 6.57.